The van der Waals surface area contributed by atoms with Gasteiger partial charge in [0.2, 0.25) is 6.79 Å². The summed E-state index contributed by atoms with van der Waals surface area (Å²) in [5.41, 5.74) is 2.22. The van der Waals surface area contributed by atoms with Gasteiger partial charge in [-0.1, -0.05) is 40.2 Å². The van der Waals surface area contributed by atoms with Crippen molar-refractivity contribution >= 4 is 28.0 Å². The predicted molar refractivity (Wildman–Crippen MR) is 111 cm³/mol. The zero-order valence-corrected chi connectivity index (χ0v) is 17.0. The van der Waals surface area contributed by atoms with E-state index in [-0.39, 0.29) is 6.03 Å². The molecule has 1 fully saturated rings. The number of hydrogen-bond acceptors (Lipinski definition) is 4. The second kappa shape index (κ2) is 8.67. The number of hydrogen-bond donors (Lipinski definition) is 1. The maximum absolute atomic E-state index is 12.4. The number of amides is 2. The molecule has 4 rings (SSSR count). The van der Waals surface area contributed by atoms with Crippen molar-refractivity contribution < 1.29 is 14.3 Å². The Bertz CT molecular complexity index is 879. The summed E-state index contributed by atoms with van der Waals surface area (Å²) in [6.07, 6.45) is 3.58. The largest absolute Gasteiger partial charge is 0.454 e. The number of halogens is 1. The molecule has 2 aromatic carbocycles. The molecule has 0 aromatic heterocycles. The van der Waals surface area contributed by atoms with Crippen LogP contribution in [-0.2, 0) is 6.54 Å². The van der Waals surface area contributed by atoms with E-state index in [2.05, 4.69) is 32.2 Å². The van der Waals surface area contributed by atoms with Gasteiger partial charge < -0.3 is 19.7 Å². The number of benzene rings is 2. The van der Waals surface area contributed by atoms with Gasteiger partial charge in [-0.05, 0) is 35.4 Å². The minimum absolute atomic E-state index is 0.0639. The molecule has 7 heteroatoms. The van der Waals surface area contributed by atoms with Crippen molar-refractivity contribution in [3.05, 3.63) is 64.3 Å². The van der Waals surface area contributed by atoms with Crippen LogP contribution in [0.15, 0.2) is 53.1 Å². The van der Waals surface area contributed by atoms with E-state index in [1.54, 1.807) is 6.20 Å². The summed E-state index contributed by atoms with van der Waals surface area (Å²) < 4.78 is 11.8. The maximum atomic E-state index is 12.4. The zero-order valence-electron chi connectivity index (χ0n) is 15.4. The summed E-state index contributed by atoms with van der Waals surface area (Å²) in [7, 11) is 0. The highest BCUT2D eigenvalue weighted by Gasteiger charge is 2.21. The van der Waals surface area contributed by atoms with Gasteiger partial charge in [0.15, 0.2) is 11.5 Å². The van der Waals surface area contributed by atoms with Crippen LogP contribution >= 0.6 is 15.9 Å². The van der Waals surface area contributed by atoms with Crippen molar-refractivity contribution in [2.45, 2.75) is 6.54 Å². The van der Waals surface area contributed by atoms with Gasteiger partial charge in [0.25, 0.3) is 0 Å². The third-order valence-electron chi connectivity index (χ3n) is 4.88. The van der Waals surface area contributed by atoms with Crippen LogP contribution in [0.3, 0.4) is 0 Å². The van der Waals surface area contributed by atoms with Crippen LogP contribution < -0.4 is 14.8 Å². The molecule has 0 spiro atoms. The quantitative estimate of drug-likeness (QED) is 0.782. The fraction of sp³-hybridized carbons (Fsp3) is 0.286. The number of nitrogens with zero attached hydrogens (tertiary/aromatic N) is 2. The molecule has 1 saturated heterocycles. The van der Waals surface area contributed by atoms with E-state index in [0.717, 1.165) is 41.2 Å². The Kier molecular flexibility index (Phi) is 5.83. The fourth-order valence-electron chi connectivity index (χ4n) is 3.31. The number of urea groups is 1. The summed E-state index contributed by atoms with van der Waals surface area (Å²) >= 11 is 3.50. The Balaban J connectivity index is 1.24. The molecule has 1 N–H and O–H groups in total. The molecule has 0 atom stereocenters. The van der Waals surface area contributed by atoms with E-state index in [0.29, 0.717) is 19.9 Å². The molecule has 0 aliphatic carbocycles. The highest BCUT2D eigenvalue weighted by molar-refractivity contribution is 9.10. The number of carbonyl (C=O) groups is 1. The molecule has 0 radical (unpaired) electrons. The van der Waals surface area contributed by atoms with Crippen LogP contribution in [0.4, 0.5) is 4.79 Å². The Morgan fingerprint density at radius 1 is 1.07 bits per heavy atom. The second-order valence-electron chi connectivity index (χ2n) is 6.76. The molecule has 28 heavy (non-hydrogen) atoms. The first-order valence-electron chi connectivity index (χ1n) is 9.26. The molecule has 0 unspecified atom stereocenters. The maximum Gasteiger partial charge on any atom is 0.321 e. The summed E-state index contributed by atoms with van der Waals surface area (Å²) in [5, 5.41) is 2.86. The lowest BCUT2D eigenvalue weighted by Gasteiger charge is -2.34. The Morgan fingerprint density at radius 3 is 2.68 bits per heavy atom. The molecule has 6 nitrogen and oxygen atoms in total. The summed E-state index contributed by atoms with van der Waals surface area (Å²) in [6, 6.07) is 13.9. The average Bonchev–Trinajstić information content (AvgIpc) is 3.18. The molecule has 0 bridgehead atoms. The molecule has 2 aromatic rings. The van der Waals surface area contributed by atoms with Crippen molar-refractivity contribution in [2.24, 2.45) is 0 Å². The molecule has 0 saturated carbocycles. The van der Waals surface area contributed by atoms with Crippen molar-refractivity contribution in [3.63, 3.8) is 0 Å². The lowest BCUT2D eigenvalue weighted by Crippen LogP contribution is -2.50. The number of nitrogens with one attached hydrogen (secondary N) is 1. The van der Waals surface area contributed by atoms with Gasteiger partial charge in [0, 0.05) is 43.4 Å². The minimum atomic E-state index is -0.0639. The van der Waals surface area contributed by atoms with Gasteiger partial charge >= 0.3 is 6.03 Å². The van der Waals surface area contributed by atoms with Gasteiger partial charge in [-0.3, -0.25) is 4.90 Å². The minimum Gasteiger partial charge on any atom is -0.454 e. The van der Waals surface area contributed by atoms with Gasteiger partial charge in [-0.25, -0.2) is 4.79 Å². The second-order valence-corrected chi connectivity index (χ2v) is 7.61. The monoisotopic (exact) mass is 443 g/mol. The van der Waals surface area contributed by atoms with E-state index in [1.807, 2.05) is 47.4 Å². The molecule has 2 aliphatic rings. The standard InChI is InChI=1S/C21H22BrN3O3/c22-18-4-2-1-3-17(18)7-8-23-21(26)25-11-9-24(10-12-25)14-16-5-6-19-20(13-16)28-15-27-19/h1-8,13H,9-12,14-15H2,(H,23,26)/b8-7+. The molecular formula is C21H22BrN3O3. The van der Waals surface area contributed by atoms with Crippen molar-refractivity contribution in [3.8, 4) is 11.5 Å². The van der Waals surface area contributed by atoms with Crippen molar-refractivity contribution in [1.29, 1.82) is 0 Å². The van der Waals surface area contributed by atoms with Crippen molar-refractivity contribution in [1.82, 2.24) is 15.1 Å². The van der Waals surface area contributed by atoms with E-state index in [1.165, 1.54) is 5.56 Å². The highest BCUT2D eigenvalue weighted by atomic mass is 79.9. The predicted octanol–water partition coefficient (Wildman–Crippen LogP) is 3.68. The summed E-state index contributed by atoms with van der Waals surface area (Å²) in [6.45, 7) is 4.24. The van der Waals surface area contributed by atoms with Gasteiger partial charge in [0.1, 0.15) is 0 Å². The first-order chi connectivity index (χ1) is 13.7. The summed E-state index contributed by atoms with van der Waals surface area (Å²) in [4.78, 5) is 16.6. The Hall–Kier alpha value is -2.51. The molecule has 146 valence electrons. The van der Waals surface area contributed by atoms with Crippen LogP contribution in [0.25, 0.3) is 6.08 Å². The van der Waals surface area contributed by atoms with Crippen molar-refractivity contribution in [2.75, 3.05) is 33.0 Å². The SMILES string of the molecule is O=C(N/C=C/c1ccccc1Br)N1CCN(Cc2ccc3c(c2)OCO3)CC1. The number of ether oxygens (including phenoxy) is 2. The fourth-order valence-corrected chi connectivity index (χ4v) is 3.73. The van der Waals surface area contributed by atoms with E-state index >= 15 is 0 Å². The van der Waals surface area contributed by atoms with Crippen LogP contribution in [0, 0.1) is 0 Å². The van der Waals surface area contributed by atoms with E-state index in [9.17, 15) is 4.79 Å². The molecular weight excluding hydrogens is 422 g/mol. The first kappa shape index (κ1) is 18.8. The number of fused-ring (bicyclic) bond motifs is 1. The van der Waals surface area contributed by atoms with Crippen LogP contribution in [0.1, 0.15) is 11.1 Å². The smallest absolute Gasteiger partial charge is 0.321 e. The van der Waals surface area contributed by atoms with Crippen LogP contribution in [0.5, 0.6) is 11.5 Å². The average molecular weight is 444 g/mol. The van der Waals surface area contributed by atoms with Gasteiger partial charge in [-0.15, -0.1) is 0 Å². The molecule has 2 amide bonds. The lowest BCUT2D eigenvalue weighted by atomic mass is 10.1. The normalized spacial score (nSPS) is 16.5. The van der Waals surface area contributed by atoms with Gasteiger partial charge in [-0.2, -0.15) is 0 Å². The van der Waals surface area contributed by atoms with E-state index in [4.69, 9.17) is 9.47 Å². The van der Waals surface area contributed by atoms with Crippen LogP contribution in [-0.4, -0.2) is 48.8 Å². The number of carbonyl (C=O) groups excluding carboxylic acids is 1. The first-order valence-corrected chi connectivity index (χ1v) is 10.1. The Labute approximate surface area is 172 Å². The van der Waals surface area contributed by atoms with Gasteiger partial charge in [0.05, 0.1) is 0 Å². The summed E-state index contributed by atoms with van der Waals surface area (Å²) in [5.74, 6) is 1.62. The highest BCUT2D eigenvalue weighted by Crippen LogP contribution is 2.32. The zero-order chi connectivity index (χ0) is 19.3. The van der Waals surface area contributed by atoms with E-state index < -0.39 is 0 Å². The number of piperazine rings is 1. The molecule has 2 aliphatic heterocycles. The topological polar surface area (TPSA) is 54.0 Å². The lowest BCUT2D eigenvalue weighted by molar-refractivity contribution is 0.137. The Morgan fingerprint density at radius 2 is 1.86 bits per heavy atom. The van der Waals surface area contributed by atoms with Crippen LogP contribution in [0.2, 0.25) is 0 Å². The molecule has 2 heterocycles. The number of rotatable bonds is 4. The third kappa shape index (κ3) is 4.48. The third-order valence-corrected chi connectivity index (χ3v) is 5.60.